The van der Waals surface area contributed by atoms with E-state index in [0.29, 0.717) is 29.9 Å². The first kappa shape index (κ1) is 27.9. The van der Waals surface area contributed by atoms with Crippen molar-refractivity contribution in [3.05, 3.63) is 77.9 Å². The first-order valence-corrected chi connectivity index (χ1v) is 13.9. The largest absolute Gasteiger partial charge is 0.493 e. The molecule has 0 spiro atoms. The second-order valence-corrected chi connectivity index (χ2v) is 9.75. The number of hydrogen-bond acceptors (Lipinski definition) is 1. The van der Waals surface area contributed by atoms with Crippen LogP contribution < -0.4 is 4.74 Å². The van der Waals surface area contributed by atoms with Crippen LogP contribution in [0.3, 0.4) is 0 Å². The van der Waals surface area contributed by atoms with Crippen molar-refractivity contribution in [2.75, 3.05) is 6.61 Å². The van der Waals surface area contributed by atoms with Crippen molar-refractivity contribution in [2.24, 2.45) is 0 Å². The van der Waals surface area contributed by atoms with Gasteiger partial charge in [0.1, 0.15) is 5.75 Å². The molecule has 0 aliphatic heterocycles. The summed E-state index contributed by atoms with van der Waals surface area (Å²) in [6, 6.07) is 19.3. The van der Waals surface area contributed by atoms with Gasteiger partial charge in [0.2, 0.25) is 0 Å². The molecule has 0 N–H and O–H groups in total. The summed E-state index contributed by atoms with van der Waals surface area (Å²) in [7, 11) is 0. The van der Waals surface area contributed by atoms with Gasteiger partial charge in [0, 0.05) is 11.1 Å². The first-order valence-electron chi connectivity index (χ1n) is 13.9. The number of benzene rings is 3. The van der Waals surface area contributed by atoms with Crippen LogP contribution in [0.5, 0.6) is 5.75 Å². The third-order valence-corrected chi connectivity index (χ3v) is 6.83. The predicted molar refractivity (Wildman–Crippen MR) is 149 cm³/mol. The summed E-state index contributed by atoms with van der Waals surface area (Å²) in [6.45, 7) is 4.75. The lowest BCUT2D eigenvalue weighted by atomic mass is 9.97. The zero-order valence-electron chi connectivity index (χ0n) is 22.1. The lowest BCUT2D eigenvalue weighted by molar-refractivity contribution is 0.298. The second-order valence-electron chi connectivity index (χ2n) is 9.75. The molecular weight excluding hydrogens is 450 g/mol. The standard InChI is InChI=1S/C33H42F2O/c1-3-5-6-7-8-9-10-11-12-16-24-36-31-25-30(33(35)32(34)29(31)17-4-2)28-22-20-27(21-23-28)26-18-14-13-15-19-26/h13-15,18-23,25H,3-12,16-17,24H2,1-2H3. The summed E-state index contributed by atoms with van der Waals surface area (Å²) >= 11 is 0. The molecule has 0 aliphatic rings. The molecule has 0 aromatic heterocycles. The van der Waals surface area contributed by atoms with E-state index in [4.69, 9.17) is 4.74 Å². The molecule has 36 heavy (non-hydrogen) atoms. The van der Waals surface area contributed by atoms with Gasteiger partial charge in [0.15, 0.2) is 11.6 Å². The SMILES string of the molecule is CCCCCCCCCCCCOc1cc(-c2ccc(-c3ccccc3)cc2)c(F)c(F)c1CCC. The van der Waals surface area contributed by atoms with Gasteiger partial charge >= 0.3 is 0 Å². The number of ether oxygens (including phenoxy) is 1. The maximum absolute atomic E-state index is 15.1. The van der Waals surface area contributed by atoms with Crippen LogP contribution >= 0.6 is 0 Å². The Bertz CT molecular complexity index is 1030. The smallest absolute Gasteiger partial charge is 0.167 e. The van der Waals surface area contributed by atoms with Crippen molar-refractivity contribution in [1.82, 2.24) is 0 Å². The Balaban J connectivity index is 1.60. The predicted octanol–water partition coefficient (Wildman–Crippen LogP) is 10.6. The second kappa shape index (κ2) is 15.4. The number of unbranched alkanes of at least 4 members (excludes halogenated alkanes) is 9. The zero-order chi connectivity index (χ0) is 25.6. The van der Waals surface area contributed by atoms with Gasteiger partial charge in [-0.1, -0.05) is 133 Å². The summed E-state index contributed by atoms with van der Waals surface area (Å²) in [5.74, 6) is -1.09. The monoisotopic (exact) mass is 492 g/mol. The molecule has 0 bridgehead atoms. The lowest BCUT2D eigenvalue weighted by Gasteiger charge is -2.16. The Morgan fingerprint density at radius 2 is 1.14 bits per heavy atom. The average Bonchev–Trinajstić information content (AvgIpc) is 2.91. The highest BCUT2D eigenvalue weighted by molar-refractivity contribution is 5.72. The molecule has 3 aromatic rings. The molecule has 0 heterocycles. The van der Waals surface area contributed by atoms with Crippen LogP contribution in [0.2, 0.25) is 0 Å². The zero-order valence-corrected chi connectivity index (χ0v) is 22.1. The molecule has 0 fully saturated rings. The Kier molecular flexibility index (Phi) is 12.0. The minimum atomic E-state index is -0.794. The van der Waals surface area contributed by atoms with Crippen LogP contribution in [0.4, 0.5) is 8.78 Å². The maximum Gasteiger partial charge on any atom is 0.167 e. The van der Waals surface area contributed by atoms with Gasteiger partial charge in [-0.05, 0) is 35.6 Å². The summed E-state index contributed by atoms with van der Waals surface area (Å²) < 4.78 is 36.3. The highest BCUT2D eigenvalue weighted by Gasteiger charge is 2.20. The molecule has 0 amide bonds. The third-order valence-electron chi connectivity index (χ3n) is 6.83. The van der Waals surface area contributed by atoms with Gasteiger partial charge in [0.25, 0.3) is 0 Å². The average molecular weight is 493 g/mol. The molecule has 0 radical (unpaired) electrons. The van der Waals surface area contributed by atoms with Crippen LogP contribution in [0.15, 0.2) is 60.7 Å². The van der Waals surface area contributed by atoms with Crippen molar-refractivity contribution in [2.45, 2.75) is 90.9 Å². The van der Waals surface area contributed by atoms with Crippen molar-refractivity contribution in [3.63, 3.8) is 0 Å². The van der Waals surface area contributed by atoms with Gasteiger partial charge in [-0.3, -0.25) is 0 Å². The summed E-state index contributed by atoms with van der Waals surface area (Å²) in [5.41, 5.74) is 3.39. The summed E-state index contributed by atoms with van der Waals surface area (Å²) in [5, 5.41) is 0. The summed E-state index contributed by atoms with van der Waals surface area (Å²) in [4.78, 5) is 0. The molecule has 0 atom stereocenters. The van der Waals surface area contributed by atoms with Crippen LogP contribution in [0.1, 0.15) is 90.0 Å². The quantitative estimate of drug-likeness (QED) is 0.181. The Morgan fingerprint density at radius 3 is 1.75 bits per heavy atom. The molecule has 0 aliphatic carbocycles. The molecule has 0 unspecified atom stereocenters. The fourth-order valence-corrected chi connectivity index (χ4v) is 4.71. The minimum absolute atomic E-state index is 0.255. The van der Waals surface area contributed by atoms with Gasteiger partial charge in [-0.2, -0.15) is 0 Å². The van der Waals surface area contributed by atoms with E-state index >= 15 is 8.78 Å². The minimum Gasteiger partial charge on any atom is -0.493 e. The fourth-order valence-electron chi connectivity index (χ4n) is 4.71. The molecule has 0 saturated carbocycles. The maximum atomic E-state index is 15.1. The van der Waals surface area contributed by atoms with Gasteiger partial charge < -0.3 is 4.74 Å². The van der Waals surface area contributed by atoms with E-state index in [2.05, 4.69) is 6.92 Å². The van der Waals surface area contributed by atoms with E-state index in [1.54, 1.807) is 6.07 Å². The fraction of sp³-hybridized carbons (Fsp3) is 0.455. The van der Waals surface area contributed by atoms with Crippen molar-refractivity contribution < 1.29 is 13.5 Å². The van der Waals surface area contributed by atoms with E-state index in [1.807, 2.05) is 61.5 Å². The molecular formula is C33H42F2O. The van der Waals surface area contributed by atoms with Gasteiger partial charge in [-0.15, -0.1) is 0 Å². The van der Waals surface area contributed by atoms with Crippen LogP contribution in [0.25, 0.3) is 22.3 Å². The Labute approximate surface area is 216 Å². The number of halogens is 2. The van der Waals surface area contributed by atoms with E-state index < -0.39 is 11.6 Å². The lowest BCUT2D eigenvalue weighted by Crippen LogP contribution is -2.05. The molecule has 3 heteroatoms. The Hall–Kier alpha value is -2.68. The molecule has 3 aromatic carbocycles. The van der Waals surface area contributed by atoms with Crippen molar-refractivity contribution >= 4 is 0 Å². The van der Waals surface area contributed by atoms with Crippen molar-refractivity contribution in [1.29, 1.82) is 0 Å². The van der Waals surface area contributed by atoms with E-state index in [9.17, 15) is 0 Å². The molecule has 3 rings (SSSR count). The third kappa shape index (κ3) is 8.18. The van der Waals surface area contributed by atoms with E-state index in [0.717, 1.165) is 30.4 Å². The highest BCUT2D eigenvalue weighted by atomic mass is 19.2. The number of rotatable bonds is 16. The molecule has 194 valence electrons. The van der Waals surface area contributed by atoms with Crippen LogP contribution in [-0.4, -0.2) is 6.61 Å². The molecule has 0 saturated heterocycles. The highest BCUT2D eigenvalue weighted by Crippen LogP contribution is 2.35. The van der Waals surface area contributed by atoms with E-state index in [1.165, 1.54) is 51.4 Å². The molecule has 1 nitrogen and oxygen atoms in total. The Morgan fingerprint density at radius 1 is 0.583 bits per heavy atom. The first-order chi connectivity index (χ1) is 17.7. The van der Waals surface area contributed by atoms with Gasteiger partial charge in [-0.25, -0.2) is 8.78 Å². The van der Waals surface area contributed by atoms with E-state index in [-0.39, 0.29) is 5.56 Å². The van der Waals surface area contributed by atoms with Crippen LogP contribution in [0, 0.1) is 11.6 Å². The number of hydrogen-bond donors (Lipinski definition) is 0. The normalized spacial score (nSPS) is 11.1. The van der Waals surface area contributed by atoms with Crippen LogP contribution in [-0.2, 0) is 6.42 Å². The summed E-state index contributed by atoms with van der Waals surface area (Å²) in [6.07, 6.45) is 13.7. The topological polar surface area (TPSA) is 9.23 Å². The van der Waals surface area contributed by atoms with Gasteiger partial charge in [0.05, 0.1) is 6.61 Å². The van der Waals surface area contributed by atoms with Crippen molar-refractivity contribution in [3.8, 4) is 28.0 Å².